The molecular weight excluding hydrogens is 192 g/mol. The Balaban J connectivity index is 1.86. The predicted octanol–water partition coefficient (Wildman–Crippen LogP) is 0.684. The fourth-order valence-corrected chi connectivity index (χ4v) is 2.93. The van der Waals surface area contributed by atoms with E-state index in [1.807, 2.05) is 0 Å². The van der Waals surface area contributed by atoms with Gasteiger partial charge in [0.05, 0.1) is 29.9 Å². The van der Waals surface area contributed by atoms with Crippen LogP contribution in [0.4, 0.5) is 0 Å². The molecule has 3 rings (SSSR count). The molecule has 4 atom stereocenters. The van der Waals surface area contributed by atoms with Crippen molar-refractivity contribution < 1.29 is 9.59 Å². The molecule has 78 valence electrons. The first-order valence-corrected chi connectivity index (χ1v) is 5.50. The van der Waals surface area contributed by atoms with Crippen LogP contribution < -0.4 is 0 Å². The van der Waals surface area contributed by atoms with Gasteiger partial charge in [0.1, 0.15) is 0 Å². The zero-order chi connectivity index (χ0) is 10.6. The third kappa shape index (κ3) is 1.06. The lowest BCUT2D eigenvalue weighted by Gasteiger charge is -2.25. The summed E-state index contributed by atoms with van der Waals surface area (Å²) < 4.78 is 0. The van der Waals surface area contributed by atoms with Gasteiger partial charge in [0.15, 0.2) is 0 Å². The molecular formula is C11H12N2O2. The van der Waals surface area contributed by atoms with E-state index in [0.29, 0.717) is 0 Å². The number of fused-ring (bicyclic) bond motifs is 1. The van der Waals surface area contributed by atoms with Crippen molar-refractivity contribution in [2.24, 2.45) is 17.8 Å². The van der Waals surface area contributed by atoms with E-state index in [9.17, 15) is 9.59 Å². The van der Waals surface area contributed by atoms with Crippen molar-refractivity contribution in [3.8, 4) is 6.07 Å². The molecule has 3 fully saturated rings. The van der Waals surface area contributed by atoms with Gasteiger partial charge in [-0.05, 0) is 25.7 Å². The lowest BCUT2D eigenvalue weighted by Crippen LogP contribution is -2.43. The van der Waals surface area contributed by atoms with Crippen LogP contribution in [0.1, 0.15) is 25.7 Å². The summed E-state index contributed by atoms with van der Waals surface area (Å²) in [6.45, 7) is 0. The van der Waals surface area contributed by atoms with E-state index in [0.717, 1.165) is 25.7 Å². The highest BCUT2D eigenvalue weighted by molar-refractivity contribution is 6.09. The first-order chi connectivity index (χ1) is 7.24. The van der Waals surface area contributed by atoms with Crippen LogP contribution in [0.5, 0.6) is 0 Å². The zero-order valence-corrected chi connectivity index (χ0v) is 8.35. The van der Waals surface area contributed by atoms with Gasteiger partial charge in [-0.2, -0.15) is 5.26 Å². The highest BCUT2D eigenvalue weighted by atomic mass is 16.2. The molecule has 0 aromatic carbocycles. The van der Waals surface area contributed by atoms with Crippen LogP contribution in [0, 0.1) is 29.1 Å². The number of nitrogens with zero attached hydrogens (tertiary/aromatic N) is 2. The average Bonchev–Trinajstić information content (AvgIpc) is 2.84. The number of hydrogen-bond acceptors (Lipinski definition) is 3. The molecule has 4 heteroatoms. The minimum Gasteiger partial charge on any atom is -0.278 e. The Morgan fingerprint density at radius 3 is 2.47 bits per heavy atom. The summed E-state index contributed by atoms with van der Waals surface area (Å²) in [5.41, 5.74) is 0. The van der Waals surface area contributed by atoms with Crippen LogP contribution in [-0.2, 0) is 9.59 Å². The summed E-state index contributed by atoms with van der Waals surface area (Å²) in [5.74, 6) is -0.223. The molecule has 3 aliphatic rings. The Morgan fingerprint density at radius 2 is 1.87 bits per heavy atom. The largest absolute Gasteiger partial charge is 0.278 e. The quantitative estimate of drug-likeness (QED) is 0.590. The van der Waals surface area contributed by atoms with E-state index in [1.54, 1.807) is 0 Å². The minimum atomic E-state index is -0.129. The van der Waals surface area contributed by atoms with Gasteiger partial charge in [-0.15, -0.1) is 0 Å². The van der Waals surface area contributed by atoms with Crippen molar-refractivity contribution in [1.29, 1.82) is 5.26 Å². The lowest BCUT2D eigenvalue weighted by molar-refractivity contribution is -0.144. The molecule has 4 unspecified atom stereocenters. The van der Waals surface area contributed by atoms with Crippen molar-refractivity contribution in [3.63, 3.8) is 0 Å². The number of rotatable bonds is 1. The first-order valence-electron chi connectivity index (χ1n) is 5.50. The fourth-order valence-electron chi connectivity index (χ4n) is 2.93. The summed E-state index contributed by atoms with van der Waals surface area (Å²) in [6, 6.07) is 2.09. The molecule has 0 aromatic rings. The van der Waals surface area contributed by atoms with Gasteiger partial charge in [-0.3, -0.25) is 14.5 Å². The van der Waals surface area contributed by atoms with E-state index in [1.165, 1.54) is 4.90 Å². The molecule has 4 nitrogen and oxygen atoms in total. The highest BCUT2D eigenvalue weighted by Crippen LogP contribution is 2.49. The topological polar surface area (TPSA) is 61.2 Å². The summed E-state index contributed by atoms with van der Waals surface area (Å²) in [6.07, 6.45) is 3.34. The second-order valence-electron chi connectivity index (χ2n) is 4.73. The van der Waals surface area contributed by atoms with E-state index in [-0.39, 0.29) is 35.6 Å². The standard InChI is InChI=1S/C11H12N2O2/c12-5-6-2-1-3-9(6)13-10(14)7-4-8(7)11(13)15/h6-9H,1-4H2. The summed E-state index contributed by atoms with van der Waals surface area (Å²) in [4.78, 5) is 25.0. The van der Waals surface area contributed by atoms with Crippen molar-refractivity contribution in [1.82, 2.24) is 4.90 Å². The van der Waals surface area contributed by atoms with Crippen LogP contribution in [0.25, 0.3) is 0 Å². The van der Waals surface area contributed by atoms with Crippen LogP contribution in [0.2, 0.25) is 0 Å². The second kappa shape index (κ2) is 2.82. The molecule has 0 aromatic heterocycles. The van der Waals surface area contributed by atoms with Crippen LogP contribution in [0.3, 0.4) is 0 Å². The maximum Gasteiger partial charge on any atom is 0.233 e. The Labute approximate surface area is 87.8 Å². The number of hydrogen-bond donors (Lipinski definition) is 0. The van der Waals surface area contributed by atoms with Crippen molar-refractivity contribution in [2.45, 2.75) is 31.7 Å². The monoisotopic (exact) mass is 204 g/mol. The molecule has 0 N–H and O–H groups in total. The molecule has 0 spiro atoms. The maximum absolute atomic E-state index is 11.8. The fraction of sp³-hybridized carbons (Fsp3) is 0.727. The summed E-state index contributed by atoms with van der Waals surface area (Å²) in [7, 11) is 0. The predicted molar refractivity (Wildman–Crippen MR) is 50.2 cm³/mol. The summed E-state index contributed by atoms with van der Waals surface area (Å²) >= 11 is 0. The Kier molecular flexibility index (Phi) is 1.67. The Bertz CT molecular complexity index is 365. The number of nitriles is 1. The molecule has 0 bridgehead atoms. The van der Waals surface area contributed by atoms with Crippen LogP contribution in [-0.4, -0.2) is 22.8 Å². The van der Waals surface area contributed by atoms with E-state index < -0.39 is 0 Å². The van der Waals surface area contributed by atoms with Crippen LogP contribution >= 0.6 is 0 Å². The first kappa shape index (κ1) is 8.90. The summed E-state index contributed by atoms with van der Waals surface area (Å²) in [5, 5.41) is 8.95. The third-order valence-electron chi connectivity index (χ3n) is 3.88. The number of imide groups is 1. The minimum absolute atomic E-state index is 0.0165. The third-order valence-corrected chi connectivity index (χ3v) is 3.88. The van der Waals surface area contributed by atoms with E-state index in [2.05, 4.69) is 6.07 Å². The maximum atomic E-state index is 11.8. The van der Waals surface area contributed by atoms with Gasteiger partial charge in [0, 0.05) is 0 Å². The van der Waals surface area contributed by atoms with E-state index in [4.69, 9.17) is 5.26 Å². The van der Waals surface area contributed by atoms with Crippen LogP contribution in [0.15, 0.2) is 0 Å². The molecule has 2 amide bonds. The molecule has 2 aliphatic carbocycles. The van der Waals surface area contributed by atoms with Crippen molar-refractivity contribution in [2.75, 3.05) is 0 Å². The van der Waals surface area contributed by atoms with Crippen molar-refractivity contribution in [3.05, 3.63) is 0 Å². The number of carbonyl (C=O) groups is 2. The average molecular weight is 204 g/mol. The molecule has 1 heterocycles. The smallest absolute Gasteiger partial charge is 0.233 e. The van der Waals surface area contributed by atoms with Crippen molar-refractivity contribution >= 4 is 11.8 Å². The Morgan fingerprint density at radius 1 is 1.20 bits per heavy atom. The second-order valence-corrected chi connectivity index (χ2v) is 4.73. The van der Waals surface area contributed by atoms with Gasteiger partial charge >= 0.3 is 0 Å². The highest BCUT2D eigenvalue weighted by Gasteiger charge is 2.61. The zero-order valence-electron chi connectivity index (χ0n) is 8.35. The van der Waals surface area contributed by atoms with Gasteiger partial charge in [0.2, 0.25) is 11.8 Å². The van der Waals surface area contributed by atoms with E-state index >= 15 is 0 Å². The number of likely N-dealkylation sites (tertiary alicyclic amines) is 1. The van der Waals surface area contributed by atoms with Gasteiger partial charge < -0.3 is 0 Å². The molecule has 15 heavy (non-hydrogen) atoms. The van der Waals surface area contributed by atoms with Gasteiger partial charge in [-0.1, -0.05) is 0 Å². The molecule has 2 saturated carbocycles. The normalized spacial score (nSPS) is 43.0. The van der Waals surface area contributed by atoms with Gasteiger partial charge in [-0.25, -0.2) is 0 Å². The molecule has 1 aliphatic heterocycles. The molecule has 1 saturated heterocycles. The Hall–Kier alpha value is -1.37. The lowest BCUT2D eigenvalue weighted by atomic mass is 10.0. The van der Waals surface area contributed by atoms with Gasteiger partial charge in [0.25, 0.3) is 0 Å². The SMILES string of the molecule is N#CC1CCCC1N1C(=O)C2CC2C1=O. The molecule has 0 radical (unpaired) electrons. The number of carbonyl (C=O) groups excluding carboxylic acids is 2. The number of amides is 2. The number of piperidine rings is 1.